The van der Waals surface area contributed by atoms with E-state index < -0.39 is 0 Å². The van der Waals surface area contributed by atoms with Crippen molar-refractivity contribution in [2.45, 2.75) is 70.8 Å². The van der Waals surface area contributed by atoms with Gasteiger partial charge in [0.05, 0.1) is 12.2 Å². The maximum atomic E-state index is 11.8. The van der Waals surface area contributed by atoms with Crippen LogP contribution in [0.25, 0.3) is 0 Å². The molecule has 0 unspecified atom stereocenters. The van der Waals surface area contributed by atoms with Crippen LogP contribution < -0.4 is 5.32 Å². The first kappa shape index (κ1) is 19.6. The van der Waals surface area contributed by atoms with Crippen molar-refractivity contribution < 1.29 is 4.79 Å². The Hall–Kier alpha value is -1.69. The Morgan fingerprint density at radius 2 is 1.82 bits per heavy atom. The summed E-state index contributed by atoms with van der Waals surface area (Å²) in [5.74, 6) is 3.44. The van der Waals surface area contributed by atoms with Gasteiger partial charge in [-0.25, -0.2) is 9.97 Å². The third-order valence-electron chi connectivity index (χ3n) is 6.95. The molecule has 1 aromatic rings. The molecule has 0 atom stereocenters. The third-order valence-corrected chi connectivity index (χ3v) is 6.95. The monoisotopic (exact) mass is 385 g/mol. The van der Waals surface area contributed by atoms with Crippen molar-refractivity contribution in [2.75, 3.05) is 38.5 Å². The molecule has 0 aromatic carbocycles. The summed E-state index contributed by atoms with van der Waals surface area (Å²) < 4.78 is 0. The fraction of sp³-hybridized carbons (Fsp3) is 0.773. The van der Waals surface area contributed by atoms with E-state index in [1.165, 1.54) is 51.7 Å². The maximum Gasteiger partial charge on any atom is 0.219 e. The molecule has 0 spiro atoms. The average molecular weight is 386 g/mol. The first-order valence-electron chi connectivity index (χ1n) is 11.2. The van der Waals surface area contributed by atoms with E-state index in [2.05, 4.69) is 10.2 Å². The van der Waals surface area contributed by atoms with Crippen molar-refractivity contribution in [1.82, 2.24) is 19.8 Å². The zero-order valence-corrected chi connectivity index (χ0v) is 17.5. The number of carbonyl (C=O) groups excluding carboxylic acids is 1. The summed E-state index contributed by atoms with van der Waals surface area (Å²) in [5.41, 5.74) is 2.24. The Morgan fingerprint density at radius 1 is 1.07 bits per heavy atom. The number of fused-ring (bicyclic) bond motifs is 1. The summed E-state index contributed by atoms with van der Waals surface area (Å²) in [6, 6.07) is 0. The van der Waals surface area contributed by atoms with Gasteiger partial charge in [-0.2, -0.15) is 0 Å². The van der Waals surface area contributed by atoms with Crippen LogP contribution in [0.2, 0.25) is 0 Å². The van der Waals surface area contributed by atoms with Gasteiger partial charge in [-0.05, 0) is 44.7 Å². The molecule has 1 saturated heterocycles. The normalized spacial score (nSPS) is 22.1. The van der Waals surface area contributed by atoms with Crippen molar-refractivity contribution in [3.8, 4) is 0 Å². The van der Waals surface area contributed by atoms with Crippen LogP contribution in [0.5, 0.6) is 0 Å². The largest absolute Gasteiger partial charge is 0.373 e. The number of nitrogens with one attached hydrogen (secondary N) is 1. The highest BCUT2D eigenvalue weighted by atomic mass is 16.2. The third kappa shape index (κ3) is 4.32. The van der Waals surface area contributed by atoms with Crippen LogP contribution in [0.1, 0.15) is 74.9 Å². The van der Waals surface area contributed by atoms with Gasteiger partial charge in [-0.15, -0.1) is 0 Å². The van der Waals surface area contributed by atoms with Crippen molar-refractivity contribution in [3.05, 3.63) is 17.1 Å². The van der Waals surface area contributed by atoms with Gasteiger partial charge in [-0.1, -0.05) is 19.3 Å². The number of anilines is 1. The van der Waals surface area contributed by atoms with Crippen molar-refractivity contribution in [2.24, 2.45) is 5.92 Å². The van der Waals surface area contributed by atoms with Crippen LogP contribution in [0, 0.1) is 5.92 Å². The second-order valence-electron chi connectivity index (χ2n) is 8.88. The number of hydrogen-bond acceptors (Lipinski definition) is 5. The highest BCUT2D eigenvalue weighted by Crippen LogP contribution is 2.32. The number of hydrogen-bond donors (Lipinski definition) is 1. The van der Waals surface area contributed by atoms with Gasteiger partial charge < -0.3 is 15.1 Å². The zero-order valence-electron chi connectivity index (χ0n) is 17.5. The van der Waals surface area contributed by atoms with E-state index in [1.54, 1.807) is 6.92 Å². The fourth-order valence-corrected chi connectivity index (χ4v) is 5.20. The molecule has 154 valence electrons. The molecule has 1 aliphatic carbocycles. The lowest BCUT2D eigenvalue weighted by Gasteiger charge is -2.35. The lowest BCUT2D eigenvalue weighted by atomic mass is 9.87. The quantitative estimate of drug-likeness (QED) is 0.862. The summed E-state index contributed by atoms with van der Waals surface area (Å²) in [7, 11) is 1.92. The van der Waals surface area contributed by atoms with Crippen molar-refractivity contribution >= 4 is 11.7 Å². The van der Waals surface area contributed by atoms with Crippen molar-refractivity contribution in [3.63, 3.8) is 0 Å². The van der Waals surface area contributed by atoms with Crippen LogP contribution in [-0.2, 0) is 17.8 Å². The number of nitrogens with zero attached hydrogens (tertiary/aromatic N) is 4. The van der Waals surface area contributed by atoms with Gasteiger partial charge in [0, 0.05) is 45.0 Å². The van der Waals surface area contributed by atoms with Gasteiger partial charge in [0.2, 0.25) is 5.91 Å². The van der Waals surface area contributed by atoms with Gasteiger partial charge in [0.1, 0.15) is 11.6 Å². The highest BCUT2D eigenvalue weighted by Gasteiger charge is 2.28. The van der Waals surface area contributed by atoms with E-state index in [-0.39, 0.29) is 5.91 Å². The first-order chi connectivity index (χ1) is 13.6. The van der Waals surface area contributed by atoms with E-state index >= 15 is 0 Å². The Balaban J connectivity index is 1.40. The predicted octanol–water partition coefficient (Wildman–Crippen LogP) is 3.18. The van der Waals surface area contributed by atoms with Gasteiger partial charge in [0.25, 0.3) is 0 Å². The number of likely N-dealkylation sites (tertiary alicyclic amines) is 1. The molecule has 1 N–H and O–H groups in total. The van der Waals surface area contributed by atoms with Crippen LogP contribution in [-0.4, -0.2) is 58.9 Å². The Morgan fingerprint density at radius 3 is 2.50 bits per heavy atom. The molecule has 1 aromatic heterocycles. The standard InChI is InChI=1S/C22H35N5O/c1-16(28)27-13-10-20-19(15-27)22(23-2)25-21(24-20)18-8-11-26(12-9-18)14-17-6-4-3-5-7-17/h17-18H,3-15H2,1-2H3,(H,23,24,25). The second-order valence-corrected chi connectivity index (χ2v) is 8.88. The molecule has 3 heterocycles. The summed E-state index contributed by atoms with van der Waals surface area (Å²) in [4.78, 5) is 26.2. The van der Waals surface area contributed by atoms with Crippen LogP contribution in [0.3, 0.4) is 0 Å². The molecule has 6 heteroatoms. The Bertz CT molecular complexity index is 675. The number of amides is 1. The minimum absolute atomic E-state index is 0.127. The molecular formula is C22H35N5O. The SMILES string of the molecule is CNc1nc(C2CCN(CC3CCCCC3)CC2)nc2c1CN(C(C)=O)CC2. The van der Waals surface area contributed by atoms with Gasteiger partial charge in [-0.3, -0.25) is 4.79 Å². The second kappa shape index (κ2) is 8.76. The van der Waals surface area contributed by atoms with E-state index in [1.807, 2.05) is 11.9 Å². The van der Waals surface area contributed by atoms with Gasteiger partial charge >= 0.3 is 0 Å². The van der Waals surface area contributed by atoms with E-state index in [9.17, 15) is 4.79 Å². The predicted molar refractivity (Wildman–Crippen MR) is 111 cm³/mol. The zero-order chi connectivity index (χ0) is 19.5. The number of piperidine rings is 1. The fourth-order valence-electron chi connectivity index (χ4n) is 5.20. The van der Waals surface area contributed by atoms with E-state index in [4.69, 9.17) is 9.97 Å². The molecule has 3 aliphatic rings. The Kier molecular flexibility index (Phi) is 6.14. The van der Waals surface area contributed by atoms with Crippen LogP contribution in [0.15, 0.2) is 0 Å². The number of carbonyl (C=O) groups is 1. The van der Waals surface area contributed by atoms with Crippen LogP contribution >= 0.6 is 0 Å². The Labute approximate surface area is 169 Å². The minimum Gasteiger partial charge on any atom is -0.373 e. The summed E-state index contributed by atoms with van der Waals surface area (Å²) in [5, 5.41) is 3.26. The number of aromatic nitrogens is 2. The summed E-state index contributed by atoms with van der Waals surface area (Å²) in [6.07, 6.45) is 10.3. The molecule has 2 fully saturated rings. The summed E-state index contributed by atoms with van der Waals surface area (Å²) >= 11 is 0. The smallest absolute Gasteiger partial charge is 0.219 e. The van der Waals surface area contributed by atoms with E-state index in [0.29, 0.717) is 12.5 Å². The molecular weight excluding hydrogens is 350 g/mol. The first-order valence-corrected chi connectivity index (χ1v) is 11.2. The molecule has 1 amide bonds. The molecule has 0 radical (unpaired) electrons. The van der Waals surface area contributed by atoms with Crippen molar-refractivity contribution in [1.29, 1.82) is 0 Å². The number of rotatable bonds is 4. The topological polar surface area (TPSA) is 61.4 Å². The maximum absolute atomic E-state index is 11.8. The average Bonchev–Trinajstić information content (AvgIpc) is 2.73. The molecule has 0 bridgehead atoms. The summed E-state index contributed by atoms with van der Waals surface area (Å²) in [6.45, 7) is 6.67. The minimum atomic E-state index is 0.127. The lowest BCUT2D eigenvalue weighted by molar-refractivity contribution is -0.129. The molecule has 1 saturated carbocycles. The van der Waals surface area contributed by atoms with E-state index in [0.717, 1.165) is 54.6 Å². The molecule has 2 aliphatic heterocycles. The molecule has 28 heavy (non-hydrogen) atoms. The molecule has 4 rings (SSSR count). The lowest BCUT2D eigenvalue weighted by Crippen LogP contribution is -2.38. The highest BCUT2D eigenvalue weighted by molar-refractivity contribution is 5.74. The molecule has 6 nitrogen and oxygen atoms in total. The van der Waals surface area contributed by atoms with Crippen LogP contribution in [0.4, 0.5) is 5.82 Å². The van der Waals surface area contributed by atoms with Gasteiger partial charge in [0.15, 0.2) is 0 Å².